The first-order valence-electron chi connectivity index (χ1n) is 9.28. The van der Waals surface area contributed by atoms with Crippen molar-refractivity contribution in [2.75, 3.05) is 0 Å². The zero-order valence-electron chi connectivity index (χ0n) is 16.7. The predicted octanol–water partition coefficient (Wildman–Crippen LogP) is 3.45. The van der Waals surface area contributed by atoms with E-state index in [2.05, 4.69) is 0 Å². The third-order valence-electron chi connectivity index (χ3n) is 4.99. The number of primary sulfonamides is 2. The van der Waals surface area contributed by atoms with Crippen molar-refractivity contribution >= 4 is 30.8 Å². The molecule has 0 aliphatic carbocycles. The van der Waals surface area contributed by atoms with Gasteiger partial charge < -0.3 is 5.11 Å². The van der Waals surface area contributed by atoms with E-state index in [-0.39, 0.29) is 33.2 Å². The van der Waals surface area contributed by atoms with Gasteiger partial charge in [0.25, 0.3) is 0 Å². The van der Waals surface area contributed by atoms with Crippen molar-refractivity contribution in [3.05, 3.63) is 78.4 Å². The molecule has 0 fully saturated rings. The van der Waals surface area contributed by atoms with E-state index in [9.17, 15) is 30.7 Å². The summed E-state index contributed by atoms with van der Waals surface area (Å²) in [6.07, 6.45) is 0. The lowest BCUT2D eigenvalue weighted by atomic mass is 9.92. The maximum atomic E-state index is 14.1. The summed E-state index contributed by atoms with van der Waals surface area (Å²) in [7, 11) is -9.35. The lowest BCUT2D eigenvalue weighted by Gasteiger charge is -2.21. The number of sulfonamides is 2. The number of benzene rings is 4. The Morgan fingerprint density at radius 1 is 0.636 bits per heavy atom. The smallest absolute Gasteiger partial charge is 0.239 e. The summed E-state index contributed by atoms with van der Waals surface area (Å²) in [5.74, 6) is -1.81. The van der Waals surface area contributed by atoms with Gasteiger partial charge in [-0.15, -0.1) is 0 Å². The quantitative estimate of drug-likeness (QED) is 0.402. The van der Waals surface area contributed by atoms with Crippen LogP contribution in [0.15, 0.2) is 76.5 Å². The molecule has 0 saturated carbocycles. The highest BCUT2D eigenvalue weighted by atomic mass is 32.2. The van der Waals surface area contributed by atoms with Crippen LogP contribution in [0.4, 0.5) is 8.78 Å². The number of fused-ring (bicyclic) bond motifs is 1. The van der Waals surface area contributed by atoms with E-state index in [1.54, 1.807) is 0 Å². The van der Waals surface area contributed by atoms with Crippen molar-refractivity contribution in [1.29, 1.82) is 0 Å². The molecule has 4 rings (SSSR count). The van der Waals surface area contributed by atoms with E-state index in [0.717, 1.165) is 30.3 Å². The summed E-state index contributed by atoms with van der Waals surface area (Å²) in [5.41, 5.74) is -0.699. The lowest BCUT2D eigenvalue weighted by Crippen LogP contribution is -2.20. The Labute approximate surface area is 188 Å². The second kappa shape index (κ2) is 7.89. The van der Waals surface area contributed by atoms with Gasteiger partial charge in [-0.1, -0.05) is 24.3 Å². The molecule has 4 aromatic rings. The average molecular weight is 491 g/mol. The molecule has 0 aliphatic heterocycles. The summed E-state index contributed by atoms with van der Waals surface area (Å²) < 4.78 is 79.4. The molecule has 0 radical (unpaired) electrons. The van der Waals surface area contributed by atoms with Gasteiger partial charge in [0.2, 0.25) is 20.0 Å². The van der Waals surface area contributed by atoms with Crippen molar-refractivity contribution in [2.24, 2.45) is 10.3 Å². The maximum Gasteiger partial charge on any atom is 0.239 e. The first-order valence-corrected chi connectivity index (χ1v) is 12.4. The SMILES string of the molecule is NS(=O)(=O)c1c(-c2cccc(F)c2)c(S(N)(=O)=O)c2cc(O)ccc2c1-c1cccc(F)c1. The number of halogens is 2. The third kappa shape index (κ3) is 4.18. The van der Waals surface area contributed by atoms with Crippen LogP contribution in [0, 0.1) is 11.6 Å². The maximum absolute atomic E-state index is 14.1. The zero-order chi connectivity index (χ0) is 24.1. The molecule has 7 nitrogen and oxygen atoms in total. The third-order valence-corrected chi connectivity index (χ3v) is 6.96. The first-order chi connectivity index (χ1) is 15.4. The van der Waals surface area contributed by atoms with Crippen molar-refractivity contribution in [1.82, 2.24) is 0 Å². The van der Waals surface area contributed by atoms with E-state index in [1.807, 2.05) is 0 Å². The van der Waals surface area contributed by atoms with Crippen molar-refractivity contribution < 1.29 is 30.7 Å². The van der Waals surface area contributed by atoms with Gasteiger partial charge in [-0.2, -0.15) is 0 Å². The van der Waals surface area contributed by atoms with Crippen LogP contribution in [-0.4, -0.2) is 21.9 Å². The molecule has 33 heavy (non-hydrogen) atoms. The van der Waals surface area contributed by atoms with E-state index < -0.39 is 47.0 Å². The number of nitrogens with two attached hydrogens (primary N) is 2. The van der Waals surface area contributed by atoms with Gasteiger partial charge in [0.05, 0.1) is 9.79 Å². The Morgan fingerprint density at radius 3 is 1.64 bits per heavy atom. The van der Waals surface area contributed by atoms with Gasteiger partial charge in [0.1, 0.15) is 17.4 Å². The fourth-order valence-corrected chi connectivity index (χ4v) is 5.90. The van der Waals surface area contributed by atoms with Gasteiger partial charge in [-0.05, 0) is 59.0 Å². The molecule has 0 aliphatic rings. The summed E-state index contributed by atoms with van der Waals surface area (Å²) in [6.45, 7) is 0. The molecule has 0 heterocycles. The molecule has 0 aromatic heterocycles. The molecular weight excluding hydrogens is 474 g/mol. The Bertz CT molecular complexity index is 1650. The second-order valence-corrected chi connectivity index (χ2v) is 10.2. The Balaban J connectivity index is 2.43. The predicted molar refractivity (Wildman–Crippen MR) is 119 cm³/mol. The summed E-state index contributed by atoms with van der Waals surface area (Å²) >= 11 is 0. The number of hydrogen-bond acceptors (Lipinski definition) is 5. The largest absolute Gasteiger partial charge is 0.508 e. The highest BCUT2D eigenvalue weighted by Gasteiger charge is 2.32. The van der Waals surface area contributed by atoms with Crippen LogP contribution in [0.25, 0.3) is 33.0 Å². The number of aromatic hydroxyl groups is 1. The van der Waals surface area contributed by atoms with Crippen LogP contribution in [0.1, 0.15) is 0 Å². The normalized spacial score (nSPS) is 12.2. The van der Waals surface area contributed by atoms with Crippen LogP contribution in [0.5, 0.6) is 5.75 Å². The molecule has 11 heteroatoms. The number of rotatable bonds is 4. The molecular formula is C22H16F2N2O5S2. The molecule has 0 bridgehead atoms. The summed E-state index contributed by atoms with van der Waals surface area (Å²) in [6, 6.07) is 13.0. The van der Waals surface area contributed by atoms with Crippen LogP contribution < -0.4 is 10.3 Å². The summed E-state index contributed by atoms with van der Waals surface area (Å²) in [4.78, 5) is -1.36. The van der Waals surface area contributed by atoms with Gasteiger partial charge in [0, 0.05) is 16.5 Å². The van der Waals surface area contributed by atoms with Crippen LogP contribution in [0.2, 0.25) is 0 Å². The minimum Gasteiger partial charge on any atom is -0.508 e. The van der Waals surface area contributed by atoms with E-state index in [4.69, 9.17) is 10.3 Å². The van der Waals surface area contributed by atoms with Gasteiger partial charge >= 0.3 is 0 Å². The van der Waals surface area contributed by atoms with Crippen molar-refractivity contribution in [3.8, 4) is 28.0 Å². The Kier molecular flexibility index (Phi) is 5.45. The van der Waals surface area contributed by atoms with Crippen LogP contribution in [0.3, 0.4) is 0 Å². The highest BCUT2D eigenvalue weighted by molar-refractivity contribution is 7.90. The van der Waals surface area contributed by atoms with Crippen LogP contribution >= 0.6 is 0 Å². The number of phenols is 1. The van der Waals surface area contributed by atoms with Crippen LogP contribution in [-0.2, 0) is 20.0 Å². The fourth-order valence-electron chi connectivity index (χ4n) is 3.84. The van der Waals surface area contributed by atoms with E-state index in [0.29, 0.717) is 0 Å². The molecule has 0 atom stereocenters. The standard InChI is InChI=1S/C22H16F2N2O5S2/c23-14-5-1-3-12(9-14)19-17-8-7-16(27)11-18(17)21(32(25,28)29)20(22(19)33(26,30)31)13-4-2-6-15(24)10-13/h1-11,27H,(H2,25,28,29)(H2,26,30,31). The minimum atomic E-state index is -4.70. The lowest BCUT2D eigenvalue weighted by molar-refractivity contribution is 0.476. The zero-order valence-corrected chi connectivity index (χ0v) is 18.3. The Morgan fingerprint density at radius 2 is 1.15 bits per heavy atom. The topological polar surface area (TPSA) is 141 Å². The molecule has 170 valence electrons. The molecule has 0 amide bonds. The van der Waals surface area contributed by atoms with Crippen molar-refractivity contribution in [2.45, 2.75) is 9.79 Å². The average Bonchev–Trinajstić information content (AvgIpc) is 2.70. The number of hydrogen-bond donors (Lipinski definition) is 3. The van der Waals surface area contributed by atoms with Crippen molar-refractivity contribution in [3.63, 3.8) is 0 Å². The van der Waals surface area contributed by atoms with Gasteiger partial charge in [-0.25, -0.2) is 35.9 Å². The Hall–Kier alpha value is -3.38. The second-order valence-electron chi connectivity index (χ2n) is 7.25. The van der Waals surface area contributed by atoms with Gasteiger partial charge in [0.15, 0.2) is 0 Å². The molecule has 0 spiro atoms. The van der Waals surface area contributed by atoms with E-state index >= 15 is 0 Å². The van der Waals surface area contributed by atoms with Gasteiger partial charge in [-0.3, -0.25) is 0 Å². The number of phenolic OH excluding ortho intramolecular Hbond substituents is 1. The fraction of sp³-hybridized carbons (Fsp3) is 0. The molecule has 0 saturated heterocycles. The highest BCUT2D eigenvalue weighted by Crippen LogP contribution is 2.46. The molecule has 4 aromatic carbocycles. The summed E-state index contributed by atoms with van der Waals surface area (Å²) in [5, 5.41) is 20.9. The minimum absolute atomic E-state index is 0.0200. The van der Waals surface area contributed by atoms with E-state index in [1.165, 1.54) is 36.4 Å². The first kappa shape index (κ1) is 22.8. The molecule has 5 N–H and O–H groups in total. The monoisotopic (exact) mass is 490 g/mol. The molecule has 0 unspecified atom stereocenters.